The quantitative estimate of drug-likeness (QED) is 0.428. The highest BCUT2D eigenvalue weighted by Crippen LogP contribution is 2.31. The van der Waals surface area contributed by atoms with Crippen LogP contribution in [0.25, 0.3) is 16.9 Å². The minimum atomic E-state index is 0.500. The molecule has 9 heteroatoms. The van der Waals surface area contributed by atoms with Crippen LogP contribution in [-0.2, 0) is 0 Å². The summed E-state index contributed by atoms with van der Waals surface area (Å²) in [5.74, 6) is 2.09. The van der Waals surface area contributed by atoms with Crippen LogP contribution in [0.4, 0.5) is 17.3 Å². The Kier molecular flexibility index (Phi) is 6.02. The standard InChI is InChI=1S/C28H29N9/c1-19-31-20(2)37(34-19)25-5-3-23(4-6-25)32-28-30-10-9-27(33-28)22-15-21(18-29)16-26(17-22)36-13-11-35(12-14-36)24-7-8-24/h3-6,9-10,15-17,24H,7-8,11-14H2,1-2H3,(H,30,32,33). The first-order valence-corrected chi connectivity index (χ1v) is 12.7. The van der Waals surface area contributed by atoms with Gasteiger partial charge in [-0.3, -0.25) is 4.90 Å². The predicted octanol–water partition coefficient (Wildman–Crippen LogP) is 4.24. The highest BCUT2D eigenvalue weighted by Gasteiger charge is 2.31. The second kappa shape index (κ2) is 9.64. The van der Waals surface area contributed by atoms with Crippen molar-refractivity contribution in [3.05, 3.63) is 71.9 Å². The second-order valence-electron chi connectivity index (χ2n) is 9.69. The first-order valence-electron chi connectivity index (χ1n) is 12.7. The Labute approximate surface area is 216 Å². The molecule has 1 saturated carbocycles. The number of aryl methyl sites for hydroxylation is 2. The molecule has 1 aliphatic carbocycles. The largest absolute Gasteiger partial charge is 0.369 e. The number of hydrogen-bond acceptors (Lipinski definition) is 8. The number of aromatic nitrogens is 5. The van der Waals surface area contributed by atoms with Gasteiger partial charge in [-0.2, -0.15) is 10.4 Å². The molecule has 9 nitrogen and oxygen atoms in total. The van der Waals surface area contributed by atoms with Gasteiger partial charge in [0.15, 0.2) is 0 Å². The molecule has 1 aliphatic heterocycles. The van der Waals surface area contributed by atoms with Gasteiger partial charge in [-0.15, -0.1) is 0 Å². The normalized spacial score (nSPS) is 16.0. The van der Waals surface area contributed by atoms with Crippen LogP contribution in [0, 0.1) is 25.2 Å². The van der Waals surface area contributed by atoms with Crippen molar-refractivity contribution in [1.82, 2.24) is 29.6 Å². The summed E-state index contributed by atoms with van der Waals surface area (Å²) < 4.78 is 1.82. The van der Waals surface area contributed by atoms with Gasteiger partial charge in [0, 0.05) is 55.4 Å². The average Bonchev–Trinajstić information content (AvgIpc) is 3.72. The van der Waals surface area contributed by atoms with Crippen LogP contribution >= 0.6 is 0 Å². The zero-order chi connectivity index (χ0) is 25.4. The Hall–Kier alpha value is -4.29. The van der Waals surface area contributed by atoms with Crippen molar-refractivity contribution >= 4 is 17.3 Å². The predicted molar refractivity (Wildman–Crippen MR) is 143 cm³/mol. The summed E-state index contributed by atoms with van der Waals surface area (Å²) in [6, 6.07) is 18.9. The van der Waals surface area contributed by atoms with Crippen molar-refractivity contribution in [1.29, 1.82) is 5.26 Å². The number of nitrogens with one attached hydrogen (secondary N) is 1. The van der Waals surface area contributed by atoms with Crippen LogP contribution < -0.4 is 10.2 Å². The van der Waals surface area contributed by atoms with Crippen molar-refractivity contribution in [2.24, 2.45) is 0 Å². The average molecular weight is 492 g/mol. The van der Waals surface area contributed by atoms with Crippen molar-refractivity contribution < 1.29 is 0 Å². The topological polar surface area (TPSA) is 98.8 Å². The molecule has 0 amide bonds. The SMILES string of the molecule is Cc1nc(C)n(-c2ccc(Nc3nccc(-c4cc(C#N)cc(N5CCN(C6CC6)CC5)c4)n3)cc2)n1. The van der Waals surface area contributed by atoms with Gasteiger partial charge in [0.25, 0.3) is 0 Å². The summed E-state index contributed by atoms with van der Waals surface area (Å²) in [5.41, 5.74) is 5.22. The lowest BCUT2D eigenvalue weighted by Gasteiger charge is -2.36. The summed E-state index contributed by atoms with van der Waals surface area (Å²) >= 11 is 0. The molecule has 4 aromatic rings. The minimum Gasteiger partial charge on any atom is -0.369 e. The number of benzene rings is 2. The van der Waals surface area contributed by atoms with E-state index < -0.39 is 0 Å². The fraction of sp³-hybridized carbons (Fsp3) is 0.321. The van der Waals surface area contributed by atoms with E-state index in [-0.39, 0.29) is 0 Å². The maximum atomic E-state index is 9.70. The maximum absolute atomic E-state index is 9.70. The van der Waals surface area contributed by atoms with Gasteiger partial charge in [-0.1, -0.05) is 0 Å². The van der Waals surface area contributed by atoms with Gasteiger partial charge in [0.2, 0.25) is 5.95 Å². The summed E-state index contributed by atoms with van der Waals surface area (Å²) in [6.45, 7) is 7.93. The first-order chi connectivity index (χ1) is 18.1. The van der Waals surface area contributed by atoms with Crippen LogP contribution in [0.3, 0.4) is 0 Å². The Bertz CT molecular complexity index is 1460. The Morgan fingerprint density at radius 1 is 0.919 bits per heavy atom. The molecule has 1 N–H and O–H groups in total. The van der Waals surface area contributed by atoms with Crippen LogP contribution in [0.5, 0.6) is 0 Å². The van der Waals surface area contributed by atoms with Gasteiger partial charge >= 0.3 is 0 Å². The molecule has 0 bridgehead atoms. The summed E-state index contributed by atoms with van der Waals surface area (Å²) in [4.78, 5) is 18.5. The van der Waals surface area contributed by atoms with Crippen LogP contribution in [0.2, 0.25) is 0 Å². The molecule has 0 radical (unpaired) electrons. The lowest BCUT2D eigenvalue weighted by molar-refractivity contribution is 0.248. The molecule has 6 rings (SSSR count). The molecule has 0 atom stereocenters. The molecule has 2 fully saturated rings. The summed E-state index contributed by atoms with van der Waals surface area (Å²) in [5, 5.41) is 17.4. The number of hydrogen-bond donors (Lipinski definition) is 1. The molecular formula is C28H29N9. The van der Waals surface area contributed by atoms with Crippen LogP contribution in [0.1, 0.15) is 30.1 Å². The van der Waals surface area contributed by atoms with Crippen molar-refractivity contribution in [3.8, 4) is 23.0 Å². The van der Waals surface area contributed by atoms with E-state index in [0.29, 0.717) is 11.5 Å². The lowest BCUT2D eigenvalue weighted by Crippen LogP contribution is -2.47. The van der Waals surface area contributed by atoms with E-state index in [0.717, 1.165) is 72.2 Å². The highest BCUT2D eigenvalue weighted by atomic mass is 15.3. The van der Waals surface area contributed by atoms with Crippen molar-refractivity contribution in [2.45, 2.75) is 32.7 Å². The second-order valence-corrected chi connectivity index (χ2v) is 9.69. The molecule has 0 spiro atoms. The van der Waals surface area contributed by atoms with E-state index in [9.17, 15) is 5.26 Å². The highest BCUT2D eigenvalue weighted by molar-refractivity contribution is 5.70. The summed E-state index contributed by atoms with van der Waals surface area (Å²) in [7, 11) is 0. The van der Waals surface area contributed by atoms with Crippen molar-refractivity contribution in [2.75, 3.05) is 36.4 Å². The third-order valence-corrected chi connectivity index (χ3v) is 6.98. The smallest absolute Gasteiger partial charge is 0.227 e. The van der Waals surface area contributed by atoms with Crippen LogP contribution in [-0.4, -0.2) is 61.9 Å². The van der Waals surface area contributed by atoms with E-state index >= 15 is 0 Å². The monoisotopic (exact) mass is 491 g/mol. The van der Waals surface area contributed by atoms with E-state index in [1.54, 1.807) is 6.20 Å². The van der Waals surface area contributed by atoms with E-state index in [1.165, 1.54) is 12.8 Å². The van der Waals surface area contributed by atoms with E-state index in [2.05, 4.69) is 42.3 Å². The molecule has 37 heavy (non-hydrogen) atoms. The Morgan fingerprint density at radius 2 is 1.70 bits per heavy atom. The first kappa shape index (κ1) is 23.1. The molecule has 186 valence electrons. The van der Waals surface area contributed by atoms with Gasteiger partial charge in [0.1, 0.15) is 11.6 Å². The zero-order valence-electron chi connectivity index (χ0n) is 21.1. The number of anilines is 3. The van der Waals surface area contributed by atoms with Gasteiger partial charge in [-0.05, 0) is 75.2 Å². The third kappa shape index (κ3) is 5.01. The third-order valence-electron chi connectivity index (χ3n) is 6.98. The van der Waals surface area contributed by atoms with E-state index in [1.807, 2.05) is 61.0 Å². The molecule has 2 aromatic carbocycles. The van der Waals surface area contributed by atoms with Crippen LogP contribution in [0.15, 0.2) is 54.7 Å². The number of rotatable bonds is 6. The fourth-order valence-electron chi connectivity index (χ4n) is 4.95. The molecule has 3 heterocycles. The zero-order valence-corrected chi connectivity index (χ0v) is 21.1. The molecule has 1 saturated heterocycles. The maximum Gasteiger partial charge on any atom is 0.227 e. The number of nitrogens with zero attached hydrogens (tertiary/aromatic N) is 8. The minimum absolute atomic E-state index is 0.500. The molecule has 0 unspecified atom stereocenters. The summed E-state index contributed by atoms with van der Waals surface area (Å²) in [6.07, 6.45) is 4.42. The van der Waals surface area contributed by atoms with Gasteiger partial charge in [0.05, 0.1) is 23.0 Å². The van der Waals surface area contributed by atoms with Gasteiger partial charge in [-0.25, -0.2) is 19.6 Å². The molecule has 2 aliphatic rings. The Balaban J connectivity index is 1.21. The van der Waals surface area contributed by atoms with E-state index in [4.69, 9.17) is 4.98 Å². The van der Waals surface area contributed by atoms with Crippen molar-refractivity contribution in [3.63, 3.8) is 0 Å². The lowest BCUT2D eigenvalue weighted by atomic mass is 10.1. The van der Waals surface area contributed by atoms with Gasteiger partial charge < -0.3 is 10.2 Å². The number of piperazine rings is 1. The molecule has 2 aromatic heterocycles. The fourth-order valence-corrected chi connectivity index (χ4v) is 4.95. The molecular weight excluding hydrogens is 462 g/mol. The number of nitriles is 1. The Morgan fingerprint density at radius 3 is 2.38 bits per heavy atom.